The topological polar surface area (TPSA) is 46.3 Å². The lowest BCUT2D eigenvalue weighted by molar-refractivity contribution is 0.155. The van der Waals surface area contributed by atoms with Crippen LogP contribution in [0.1, 0.15) is 27.7 Å². The van der Waals surface area contributed by atoms with Crippen LogP contribution in [0.25, 0.3) is 0 Å². The zero-order valence-electron chi connectivity index (χ0n) is 8.46. The maximum absolute atomic E-state index is 4.53. The number of hydrogen-bond donors (Lipinski definition) is 0. The van der Waals surface area contributed by atoms with Crippen molar-refractivity contribution < 1.29 is 4.94 Å². The van der Waals surface area contributed by atoms with Crippen molar-refractivity contribution in [1.82, 2.24) is 0 Å². The lowest BCUT2D eigenvalue weighted by Crippen LogP contribution is -1.84. The molecule has 0 saturated heterocycles. The van der Waals surface area contributed by atoms with Crippen molar-refractivity contribution in [2.75, 3.05) is 7.05 Å². The molecule has 4 nitrogen and oxygen atoms in total. The van der Waals surface area contributed by atoms with Crippen molar-refractivity contribution in [3.05, 3.63) is 0 Å². The van der Waals surface area contributed by atoms with Crippen LogP contribution in [0.2, 0.25) is 0 Å². The summed E-state index contributed by atoms with van der Waals surface area (Å²) in [4.78, 5) is 7.78. The molecule has 0 heterocycles. The Hall–Kier alpha value is -1.19. The van der Waals surface area contributed by atoms with E-state index in [9.17, 15) is 0 Å². The molecule has 0 saturated carbocycles. The van der Waals surface area contributed by atoms with Crippen LogP contribution in [0, 0.1) is 0 Å². The molecular formula is C8H17N3O. The van der Waals surface area contributed by atoms with E-state index in [-0.39, 0.29) is 0 Å². The van der Waals surface area contributed by atoms with E-state index in [0.29, 0.717) is 0 Å². The predicted molar refractivity (Wildman–Crippen MR) is 54.1 cm³/mol. The minimum atomic E-state index is 0.861. The molecule has 0 aromatic heterocycles. The molecule has 0 fully saturated rings. The van der Waals surface area contributed by atoms with E-state index < -0.39 is 0 Å². The quantitative estimate of drug-likeness (QED) is 0.463. The molecule has 0 aliphatic carbocycles. The summed E-state index contributed by atoms with van der Waals surface area (Å²) in [5, 5.41) is 7.19. The first kappa shape index (κ1) is 13.4. The number of oxime groups is 2. The van der Waals surface area contributed by atoms with Crippen LogP contribution in [-0.4, -0.2) is 25.2 Å². The lowest BCUT2D eigenvalue weighted by Gasteiger charge is -1.87. The van der Waals surface area contributed by atoms with E-state index in [1.165, 1.54) is 0 Å². The minimum Gasteiger partial charge on any atom is -0.304 e. The molecule has 4 heteroatoms. The molecule has 0 rings (SSSR count). The van der Waals surface area contributed by atoms with Crippen molar-refractivity contribution in [3.8, 4) is 0 Å². The van der Waals surface area contributed by atoms with Gasteiger partial charge in [-0.2, -0.15) is 0 Å². The van der Waals surface area contributed by atoms with Crippen LogP contribution in [0.15, 0.2) is 15.3 Å². The highest BCUT2D eigenvalue weighted by Gasteiger charge is 1.77. The Labute approximate surface area is 74.0 Å². The summed E-state index contributed by atoms with van der Waals surface area (Å²) in [6.45, 7) is 10.5. The Morgan fingerprint density at radius 1 is 1.00 bits per heavy atom. The fraction of sp³-hybridized carbons (Fsp3) is 0.625. The maximum Gasteiger partial charge on any atom is 0.0543 e. The molecule has 0 bridgehead atoms. The lowest BCUT2D eigenvalue weighted by atomic mass is 10.5. The summed E-state index contributed by atoms with van der Waals surface area (Å²) < 4.78 is 0. The van der Waals surface area contributed by atoms with Crippen molar-refractivity contribution in [2.24, 2.45) is 15.3 Å². The minimum absolute atomic E-state index is 0.861. The van der Waals surface area contributed by atoms with Gasteiger partial charge in [0.1, 0.15) is 0 Å². The number of nitrogens with zero attached hydrogens (tertiary/aromatic N) is 3. The molecule has 0 aromatic carbocycles. The molecule has 0 aromatic rings. The van der Waals surface area contributed by atoms with Crippen LogP contribution in [0.5, 0.6) is 0 Å². The van der Waals surface area contributed by atoms with Gasteiger partial charge in [-0.15, -0.1) is 0 Å². The molecule has 0 atom stereocenters. The summed E-state index contributed by atoms with van der Waals surface area (Å²) in [6.07, 6.45) is 0. The monoisotopic (exact) mass is 171 g/mol. The highest BCUT2D eigenvalue weighted by molar-refractivity contribution is 5.79. The summed E-state index contributed by atoms with van der Waals surface area (Å²) >= 11 is 0. The first-order valence-corrected chi connectivity index (χ1v) is 3.58. The molecule has 12 heavy (non-hydrogen) atoms. The number of aliphatic imine (C=N–C) groups is 1. The van der Waals surface area contributed by atoms with Gasteiger partial charge in [-0.05, 0) is 34.4 Å². The summed E-state index contributed by atoms with van der Waals surface area (Å²) in [6, 6.07) is 0. The van der Waals surface area contributed by atoms with Gasteiger partial charge in [-0.1, -0.05) is 10.3 Å². The molecule has 0 spiro atoms. The highest BCUT2D eigenvalue weighted by Crippen LogP contribution is 1.82. The summed E-state index contributed by atoms with van der Waals surface area (Å²) in [5.41, 5.74) is 1.72. The Morgan fingerprint density at radius 2 is 1.25 bits per heavy atom. The fourth-order valence-corrected chi connectivity index (χ4v) is 0.184. The molecule has 0 aliphatic rings. The Bertz CT molecular complexity index is 149. The van der Waals surface area contributed by atoms with Crippen LogP contribution < -0.4 is 0 Å². The Kier molecular flexibility index (Phi) is 11.0. The third-order valence-corrected chi connectivity index (χ3v) is 0.447. The van der Waals surface area contributed by atoms with Crippen LogP contribution in [0.4, 0.5) is 0 Å². The molecule has 70 valence electrons. The van der Waals surface area contributed by atoms with Crippen molar-refractivity contribution in [3.63, 3.8) is 0 Å². The molecule has 0 unspecified atom stereocenters. The van der Waals surface area contributed by atoms with Gasteiger partial charge in [0, 0.05) is 7.05 Å². The van der Waals surface area contributed by atoms with E-state index in [1.807, 2.05) is 27.7 Å². The zero-order chi connectivity index (χ0) is 9.98. The first-order valence-electron chi connectivity index (χ1n) is 3.58. The fourth-order valence-electron chi connectivity index (χ4n) is 0.184. The zero-order valence-corrected chi connectivity index (χ0v) is 8.46. The average molecular weight is 171 g/mol. The van der Waals surface area contributed by atoms with Crippen LogP contribution in [0.3, 0.4) is 0 Å². The first-order chi connectivity index (χ1) is 5.54. The average Bonchev–Trinajstić information content (AvgIpc) is 1.87. The molecule has 0 radical (unpaired) electrons. The van der Waals surface area contributed by atoms with Gasteiger partial charge in [-0.3, -0.25) is 0 Å². The van der Waals surface area contributed by atoms with E-state index in [1.54, 1.807) is 7.05 Å². The van der Waals surface area contributed by atoms with Crippen LogP contribution in [-0.2, 0) is 4.94 Å². The normalized spacial score (nSPS) is 7.08. The van der Waals surface area contributed by atoms with E-state index in [0.717, 1.165) is 11.4 Å². The van der Waals surface area contributed by atoms with Crippen LogP contribution >= 0.6 is 0 Å². The third kappa shape index (κ3) is 23.2. The highest BCUT2D eigenvalue weighted by atomic mass is 16.8. The largest absolute Gasteiger partial charge is 0.304 e. The van der Waals surface area contributed by atoms with Crippen molar-refractivity contribution in [2.45, 2.75) is 27.7 Å². The van der Waals surface area contributed by atoms with Crippen molar-refractivity contribution in [1.29, 1.82) is 0 Å². The number of rotatable bonds is 2. The maximum atomic E-state index is 4.53. The second kappa shape index (κ2) is 9.81. The van der Waals surface area contributed by atoms with Gasteiger partial charge >= 0.3 is 0 Å². The smallest absolute Gasteiger partial charge is 0.0543 e. The van der Waals surface area contributed by atoms with Gasteiger partial charge in [-0.25, -0.2) is 4.94 Å². The summed E-state index contributed by atoms with van der Waals surface area (Å²) in [7, 11) is 1.64. The SMILES string of the molecule is C=NC.CC(C)=NON=C(C)C. The van der Waals surface area contributed by atoms with Gasteiger partial charge in [0.05, 0.1) is 11.4 Å². The summed E-state index contributed by atoms with van der Waals surface area (Å²) in [5.74, 6) is 0. The van der Waals surface area contributed by atoms with Gasteiger partial charge in [0.25, 0.3) is 0 Å². The van der Waals surface area contributed by atoms with E-state index in [2.05, 4.69) is 27.0 Å². The van der Waals surface area contributed by atoms with E-state index in [4.69, 9.17) is 0 Å². The van der Waals surface area contributed by atoms with Gasteiger partial charge in [0.15, 0.2) is 0 Å². The molecular weight excluding hydrogens is 154 g/mol. The standard InChI is InChI=1S/C6H12N2O.C2H5N/c1-5(2)7-9-8-6(3)4;1-3-2/h1-4H3;1H2,2H3. The third-order valence-electron chi connectivity index (χ3n) is 0.447. The predicted octanol–water partition coefficient (Wildman–Crippen LogP) is 2.11. The van der Waals surface area contributed by atoms with E-state index >= 15 is 0 Å². The van der Waals surface area contributed by atoms with Crippen molar-refractivity contribution >= 4 is 18.1 Å². The second-order valence-corrected chi connectivity index (χ2v) is 2.47. The number of hydrogen-bond acceptors (Lipinski definition) is 4. The molecule has 0 amide bonds. The second-order valence-electron chi connectivity index (χ2n) is 2.47. The Balaban J connectivity index is 0. The van der Waals surface area contributed by atoms with Gasteiger partial charge in [0.2, 0.25) is 0 Å². The Morgan fingerprint density at radius 3 is 1.42 bits per heavy atom. The van der Waals surface area contributed by atoms with Gasteiger partial charge < -0.3 is 4.99 Å². The molecule has 0 N–H and O–H groups in total. The molecule has 0 aliphatic heterocycles.